The molecule has 0 saturated heterocycles. The average molecular weight is 216 g/mol. The first kappa shape index (κ1) is 12.0. The van der Waals surface area contributed by atoms with Gasteiger partial charge in [0.25, 0.3) is 0 Å². The molecule has 1 heterocycles. The zero-order chi connectivity index (χ0) is 12.1. The maximum absolute atomic E-state index is 11.4. The van der Waals surface area contributed by atoms with Gasteiger partial charge < -0.3 is 11.1 Å². The molecule has 0 saturated carbocycles. The number of ketones is 1. The Morgan fingerprint density at radius 2 is 2.44 bits per heavy atom. The number of carbonyl (C=O) groups excluding carboxylic acids is 1. The number of nitrogens with two attached hydrogens (primary N) is 1. The summed E-state index contributed by atoms with van der Waals surface area (Å²) in [4.78, 5) is 15.2. The van der Waals surface area contributed by atoms with Gasteiger partial charge in [0.05, 0.1) is 11.8 Å². The van der Waals surface area contributed by atoms with Crippen LogP contribution in [0, 0.1) is 16.7 Å². The Kier molecular flexibility index (Phi) is 3.86. The molecule has 5 heteroatoms. The van der Waals surface area contributed by atoms with Crippen molar-refractivity contribution in [2.24, 2.45) is 5.73 Å². The fourth-order valence-electron chi connectivity index (χ4n) is 1.21. The number of nitrogens with one attached hydrogen (secondary N) is 1. The first-order valence-corrected chi connectivity index (χ1v) is 4.77. The van der Waals surface area contributed by atoms with E-state index in [0.717, 1.165) is 0 Å². The molecule has 1 atom stereocenters. The van der Waals surface area contributed by atoms with Gasteiger partial charge >= 0.3 is 0 Å². The fraction of sp³-hybridized carbons (Fsp3) is 0.273. The number of pyridine rings is 1. The number of nitriles is 1. The van der Waals surface area contributed by atoms with Crippen LogP contribution in [-0.4, -0.2) is 22.5 Å². The van der Waals surface area contributed by atoms with Crippen molar-refractivity contribution in [2.75, 3.05) is 0 Å². The van der Waals surface area contributed by atoms with E-state index in [2.05, 4.69) is 4.98 Å². The van der Waals surface area contributed by atoms with Gasteiger partial charge in [0.1, 0.15) is 11.8 Å². The van der Waals surface area contributed by atoms with E-state index in [1.807, 2.05) is 6.07 Å². The summed E-state index contributed by atoms with van der Waals surface area (Å²) >= 11 is 0. The molecular formula is C11H12N4O. The van der Waals surface area contributed by atoms with Gasteiger partial charge in [0.15, 0.2) is 5.78 Å². The summed E-state index contributed by atoms with van der Waals surface area (Å²) in [6.45, 7) is 1.55. The van der Waals surface area contributed by atoms with Crippen molar-refractivity contribution in [2.45, 2.75) is 19.4 Å². The van der Waals surface area contributed by atoms with E-state index >= 15 is 0 Å². The van der Waals surface area contributed by atoms with E-state index in [9.17, 15) is 4.79 Å². The highest BCUT2D eigenvalue weighted by atomic mass is 16.1. The predicted octanol–water partition coefficient (Wildman–Crippen LogP) is 0.432. The molecule has 1 rings (SSSR count). The van der Waals surface area contributed by atoms with Gasteiger partial charge in [0.2, 0.25) is 0 Å². The van der Waals surface area contributed by atoms with Crippen molar-refractivity contribution in [3.63, 3.8) is 0 Å². The molecule has 82 valence electrons. The van der Waals surface area contributed by atoms with E-state index in [0.29, 0.717) is 5.56 Å². The maximum Gasteiger partial charge on any atom is 0.192 e. The van der Waals surface area contributed by atoms with Crippen LogP contribution < -0.4 is 5.73 Å². The van der Waals surface area contributed by atoms with E-state index in [-0.39, 0.29) is 23.6 Å². The molecule has 0 radical (unpaired) electrons. The molecule has 0 aromatic carbocycles. The molecule has 5 nitrogen and oxygen atoms in total. The van der Waals surface area contributed by atoms with Crippen LogP contribution in [0.4, 0.5) is 0 Å². The summed E-state index contributed by atoms with van der Waals surface area (Å²) in [5.41, 5.74) is 6.33. The summed E-state index contributed by atoms with van der Waals surface area (Å²) in [5, 5.41) is 16.2. The second-order valence-corrected chi connectivity index (χ2v) is 3.47. The first-order valence-electron chi connectivity index (χ1n) is 4.77. The molecule has 0 unspecified atom stereocenters. The Balaban J connectivity index is 2.78. The largest absolute Gasteiger partial charge is 0.321 e. The number of rotatable bonds is 4. The Morgan fingerprint density at radius 1 is 1.75 bits per heavy atom. The van der Waals surface area contributed by atoms with Crippen molar-refractivity contribution in [3.05, 3.63) is 29.6 Å². The number of hydrogen-bond acceptors (Lipinski definition) is 5. The van der Waals surface area contributed by atoms with Crippen LogP contribution in [-0.2, 0) is 11.2 Å². The number of Topliss-reactive ketones (excluding diaryl/α,β-unsaturated/α-hetero) is 1. The monoisotopic (exact) mass is 216 g/mol. The summed E-state index contributed by atoms with van der Waals surface area (Å²) in [6.07, 6.45) is 1.66. The minimum absolute atomic E-state index is 0.0508. The topological polar surface area (TPSA) is 104 Å². The van der Waals surface area contributed by atoms with Gasteiger partial charge in [0, 0.05) is 12.6 Å². The minimum Gasteiger partial charge on any atom is -0.321 e. The quantitative estimate of drug-likeness (QED) is 0.712. The summed E-state index contributed by atoms with van der Waals surface area (Å²) in [5.74, 6) is -0.379. The zero-order valence-corrected chi connectivity index (χ0v) is 8.90. The summed E-state index contributed by atoms with van der Waals surface area (Å²) < 4.78 is 0. The molecule has 0 fully saturated rings. The molecule has 3 N–H and O–H groups in total. The second-order valence-electron chi connectivity index (χ2n) is 3.47. The minimum atomic E-state index is -0.662. The second kappa shape index (κ2) is 5.14. The SMILES string of the molecule is C[C@H](N)C(=O)C(=N)Cc1ccnc(C#N)c1. The normalized spacial score (nSPS) is 11.6. The predicted molar refractivity (Wildman–Crippen MR) is 59.0 cm³/mol. The lowest BCUT2D eigenvalue weighted by molar-refractivity contribution is -0.113. The van der Waals surface area contributed by atoms with Crippen molar-refractivity contribution in [1.29, 1.82) is 10.7 Å². The van der Waals surface area contributed by atoms with E-state index < -0.39 is 6.04 Å². The third-order valence-corrected chi connectivity index (χ3v) is 2.03. The van der Waals surface area contributed by atoms with E-state index in [4.69, 9.17) is 16.4 Å². The molecule has 1 aromatic rings. The number of carbonyl (C=O) groups is 1. The lowest BCUT2D eigenvalue weighted by Gasteiger charge is -2.05. The van der Waals surface area contributed by atoms with Gasteiger partial charge in [-0.25, -0.2) is 4.98 Å². The van der Waals surface area contributed by atoms with Crippen LogP contribution in [0.5, 0.6) is 0 Å². The van der Waals surface area contributed by atoms with Crippen molar-refractivity contribution >= 4 is 11.5 Å². The van der Waals surface area contributed by atoms with Gasteiger partial charge in [-0.15, -0.1) is 0 Å². The number of hydrogen-bond donors (Lipinski definition) is 2. The molecule has 0 aliphatic heterocycles. The Hall–Kier alpha value is -2.06. The van der Waals surface area contributed by atoms with Crippen molar-refractivity contribution in [1.82, 2.24) is 4.98 Å². The Labute approximate surface area is 93.4 Å². The Morgan fingerprint density at radius 3 is 3.00 bits per heavy atom. The third-order valence-electron chi connectivity index (χ3n) is 2.03. The summed E-state index contributed by atoms with van der Waals surface area (Å²) in [7, 11) is 0. The smallest absolute Gasteiger partial charge is 0.192 e. The standard InChI is InChI=1S/C11H12N4O/c1-7(13)11(16)10(14)5-8-2-3-15-9(4-8)6-12/h2-4,7,14H,5,13H2,1H3/t7-/m0/s1. The molecule has 0 spiro atoms. The lowest BCUT2D eigenvalue weighted by atomic mass is 10.0. The number of nitrogens with zero attached hydrogens (tertiary/aromatic N) is 2. The zero-order valence-electron chi connectivity index (χ0n) is 8.90. The Bertz CT molecular complexity index is 459. The fourth-order valence-corrected chi connectivity index (χ4v) is 1.21. The van der Waals surface area contributed by atoms with Crippen LogP contribution in [0.25, 0.3) is 0 Å². The first-order chi connectivity index (χ1) is 7.54. The van der Waals surface area contributed by atoms with Gasteiger partial charge in [-0.05, 0) is 24.6 Å². The van der Waals surface area contributed by atoms with Crippen LogP contribution >= 0.6 is 0 Å². The van der Waals surface area contributed by atoms with Crippen molar-refractivity contribution < 1.29 is 4.79 Å². The highest BCUT2D eigenvalue weighted by molar-refractivity contribution is 6.40. The van der Waals surface area contributed by atoms with Gasteiger partial charge in [-0.3, -0.25) is 4.79 Å². The van der Waals surface area contributed by atoms with Gasteiger partial charge in [-0.2, -0.15) is 5.26 Å². The highest BCUT2D eigenvalue weighted by Gasteiger charge is 2.14. The van der Waals surface area contributed by atoms with Crippen LogP contribution in [0.3, 0.4) is 0 Å². The van der Waals surface area contributed by atoms with Crippen LogP contribution in [0.15, 0.2) is 18.3 Å². The van der Waals surface area contributed by atoms with Crippen LogP contribution in [0.2, 0.25) is 0 Å². The third kappa shape index (κ3) is 2.97. The molecule has 1 aromatic heterocycles. The summed E-state index contributed by atoms with van der Waals surface area (Å²) in [6, 6.07) is 4.47. The van der Waals surface area contributed by atoms with E-state index in [1.165, 1.54) is 6.20 Å². The molecule has 0 aliphatic rings. The number of aromatic nitrogens is 1. The molecule has 0 bridgehead atoms. The maximum atomic E-state index is 11.4. The van der Waals surface area contributed by atoms with Crippen LogP contribution in [0.1, 0.15) is 18.2 Å². The van der Waals surface area contributed by atoms with Crippen molar-refractivity contribution in [3.8, 4) is 6.07 Å². The molecular weight excluding hydrogens is 204 g/mol. The molecule has 0 aliphatic carbocycles. The molecule has 0 amide bonds. The van der Waals surface area contributed by atoms with Gasteiger partial charge in [-0.1, -0.05) is 0 Å². The van der Waals surface area contributed by atoms with E-state index in [1.54, 1.807) is 19.1 Å². The lowest BCUT2D eigenvalue weighted by Crippen LogP contribution is -2.33. The highest BCUT2D eigenvalue weighted by Crippen LogP contribution is 2.03. The molecule has 16 heavy (non-hydrogen) atoms. The average Bonchev–Trinajstić information content (AvgIpc) is 2.28.